The number of rotatable bonds is 4. The number of nitrogens with one attached hydrogen (secondary N) is 1. The van der Waals surface area contributed by atoms with Crippen molar-refractivity contribution in [3.63, 3.8) is 0 Å². The molecule has 2 aromatic carbocycles. The summed E-state index contributed by atoms with van der Waals surface area (Å²) in [4.78, 5) is 0. The average molecular weight is 213 g/mol. The molecule has 2 heteroatoms. The van der Waals surface area contributed by atoms with Crippen LogP contribution in [0.3, 0.4) is 0 Å². The minimum atomic E-state index is 0.319. The van der Waals surface area contributed by atoms with Crippen LogP contribution in [0.2, 0.25) is 0 Å². The molecule has 82 valence electrons. The molecule has 2 N–H and O–H groups in total. The molecular weight excluding hydrogens is 198 g/mol. The quantitative estimate of drug-likeness (QED) is 0.818. The van der Waals surface area contributed by atoms with Gasteiger partial charge in [-0.3, -0.25) is 0 Å². The molecule has 0 amide bonds. The molecule has 0 aliphatic rings. The van der Waals surface area contributed by atoms with Crippen LogP contribution in [0, 0.1) is 0 Å². The zero-order chi connectivity index (χ0) is 11.2. The molecule has 0 atom stereocenters. The van der Waals surface area contributed by atoms with Crippen molar-refractivity contribution in [2.75, 3.05) is 11.9 Å². The predicted octanol–water partition coefficient (Wildman–Crippen LogP) is 3.05. The molecule has 0 saturated carbocycles. The van der Waals surface area contributed by atoms with Gasteiger partial charge in [-0.05, 0) is 36.2 Å². The summed E-state index contributed by atoms with van der Waals surface area (Å²) in [6.07, 6.45) is 0.954. The van der Waals surface area contributed by atoms with Crippen LogP contribution in [-0.2, 0) is 6.42 Å². The minimum Gasteiger partial charge on any atom is -0.508 e. The van der Waals surface area contributed by atoms with Gasteiger partial charge in [0.05, 0.1) is 0 Å². The van der Waals surface area contributed by atoms with E-state index in [1.54, 1.807) is 12.1 Å². The first-order valence-electron chi connectivity index (χ1n) is 5.41. The molecule has 0 heterocycles. The number of benzene rings is 2. The van der Waals surface area contributed by atoms with Gasteiger partial charge in [-0.1, -0.05) is 30.3 Å². The van der Waals surface area contributed by atoms with Gasteiger partial charge in [0.2, 0.25) is 0 Å². The van der Waals surface area contributed by atoms with E-state index < -0.39 is 0 Å². The zero-order valence-corrected chi connectivity index (χ0v) is 9.06. The highest BCUT2D eigenvalue weighted by Crippen LogP contribution is 2.10. The van der Waals surface area contributed by atoms with Gasteiger partial charge in [-0.25, -0.2) is 0 Å². The third-order valence-electron chi connectivity index (χ3n) is 2.45. The van der Waals surface area contributed by atoms with E-state index in [1.165, 1.54) is 5.56 Å². The van der Waals surface area contributed by atoms with E-state index in [-0.39, 0.29) is 0 Å². The number of anilines is 1. The molecule has 0 fully saturated rings. The predicted molar refractivity (Wildman–Crippen MR) is 66.7 cm³/mol. The fraction of sp³-hybridized carbons (Fsp3) is 0.143. The molecule has 2 nitrogen and oxygen atoms in total. The molecule has 2 aromatic rings. The molecule has 0 saturated heterocycles. The van der Waals surface area contributed by atoms with Gasteiger partial charge in [0.25, 0.3) is 0 Å². The summed E-state index contributed by atoms with van der Waals surface area (Å²) in [5, 5.41) is 12.5. The second kappa shape index (κ2) is 5.21. The molecule has 16 heavy (non-hydrogen) atoms. The summed E-state index contributed by atoms with van der Waals surface area (Å²) in [5.41, 5.74) is 2.36. The lowest BCUT2D eigenvalue weighted by Gasteiger charge is -2.06. The molecule has 0 aliphatic heterocycles. The van der Waals surface area contributed by atoms with E-state index in [0.29, 0.717) is 5.75 Å². The third-order valence-corrected chi connectivity index (χ3v) is 2.45. The Labute approximate surface area is 95.6 Å². The Kier molecular flexibility index (Phi) is 3.44. The maximum absolute atomic E-state index is 9.14. The number of para-hydroxylation sites is 1. The number of aromatic hydroxyl groups is 1. The second-order valence-electron chi connectivity index (χ2n) is 3.71. The molecule has 0 radical (unpaired) electrons. The fourth-order valence-corrected chi connectivity index (χ4v) is 1.57. The van der Waals surface area contributed by atoms with Crippen molar-refractivity contribution in [2.45, 2.75) is 6.42 Å². The standard InChI is InChI=1S/C14H15NO/c16-14-8-6-12(7-9-14)10-11-15-13-4-2-1-3-5-13/h1-9,15-16H,10-11H2. The molecule has 0 spiro atoms. The van der Waals surface area contributed by atoms with Gasteiger partial charge in [-0.2, -0.15) is 0 Å². The van der Waals surface area contributed by atoms with E-state index in [9.17, 15) is 0 Å². The van der Waals surface area contributed by atoms with Crippen molar-refractivity contribution in [3.05, 3.63) is 60.2 Å². The van der Waals surface area contributed by atoms with E-state index >= 15 is 0 Å². The number of hydrogen-bond donors (Lipinski definition) is 2. The summed E-state index contributed by atoms with van der Waals surface area (Å²) in [6, 6.07) is 17.5. The van der Waals surface area contributed by atoms with Crippen LogP contribution in [0.5, 0.6) is 5.75 Å². The monoisotopic (exact) mass is 213 g/mol. The summed E-state index contributed by atoms with van der Waals surface area (Å²) in [6.45, 7) is 0.898. The highest BCUT2D eigenvalue weighted by Gasteiger charge is 1.94. The Morgan fingerprint density at radius 2 is 1.56 bits per heavy atom. The van der Waals surface area contributed by atoms with Crippen LogP contribution in [0.25, 0.3) is 0 Å². The average Bonchev–Trinajstić information content (AvgIpc) is 2.33. The van der Waals surface area contributed by atoms with Crippen LogP contribution >= 0.6 is 0 Å². The van der Waals surface area contributed by atoms with Gasteiger partial charge in [-0.15, -0.1) is 0 Å². The highest BCUT2D eigenvalue weighted by atomic mass is 16.3. The number of phenolic OH excluding ortho intramolecular Hbond substituents is 1. The third kappa shape index (κ3) is 3.02. The lowest BCUT2D eigenvalue weighted by Crippen LogP contribution is -2.04. The van der Waals surface area contributed by atoms with Crippen molar-refractivity contribution in [3.8, 4) is 5.75 Å². The molecule has 0 unspecified atom stereocenters. The van der Waals surface area contributed by atoms with Crippen LogP contribution < -0.4 is 5.32 Å². The lowest BCUT2D eigenvalue weighted by molar-refractivity contribution is 0.475. The Bertz CT molecular complexity index is 422. The zero-order valence-electron chi connectivity index (χ0n) is 9.06. The molecular formula is C14H15NO. The van der Waals surface area contributed by atoms with Crippen LogP contribution in [0.4, 0.5) is 5.69 Å². The van der Waals surface area contributed by atoms with Gasteiger partial charge in [0.1, 0.15) is 5.75 Å². The Hall–Kier alpha value is -1.96. The molecule has 0 bridgehead atoms. The van der Waals surface area contributed by atoms with E-state index in [1.807, 2.05) is 30.3 Å². The summed E-state index contributed by atoms with van der Waals surface area (Å²) in [5.74, 6) is 0.319. The Morgan fingerprint density at radius 3 is 2.25 bits per heavy atom. The smallest absolute Gasteiger partial charge is 0.115 e. The SMILES string of the molecule is Oc1ccc(CCNc2ccccc2)cc1. The van der Waals surface area contributed by atoms with Crippen molar-refractivity contribution in [2.24, 2.45) is 0 Å². The largest absolute Gasteiger partial charge is 0.508 e. The van der Waals surface area contributed by atoms with Crippen molar-refractivity contribution in [1.29, 1.82) is 0 Å². The van der Waals surface area contributed by atoms with Gasteiger partial charge >= 0.3 is 0 Å². The Morgan fingerprint density at radius 1 is 0.875 bits per heavy atom. The fourth-order valence-electron chi connectivity index (χ4n) is 1.57. The van der Waals surface area contributed by atoms with E-state index in [4.69, 9.17) is 5.11 Å². The number of phenols is 1. The van der Waals surface area contributed by atoms with E-state index in [2.05, 4.69) is 17.4 Å². The van der Waals surface area contributed by atoms with E-state index in [0.717, 1.165) is 18.7 Å². The summed E-state index contributed by atoms with van der Waals surface area (Å²) < 4.78 is 0. The first-order valence-corrected chi connectivity index (χ1v) is 5.41. The maximum Gasteiger partial charge on any atom is 0.115 e. The summed E-state index contributed by atoms with van der Waals surface area (Å²) in [7, 11) is 0. The topological polar surface area (TPSA) is 32.3 Å². The van der Waals surface area contributed by atoms with Crippen molar-refractivity contribution >= 4 is 5.69 Å². The normalized spacial score (nSPS) is 10.0. The minimum absolute atomic E-state index is 0.319. The second-order valence-corrected chi connectivity index (χ2v) is 3.71. The van der Waals surface area contributed by atoms with Gasteiger partial charge in [0, 0.05) is 12.2 Å². The van der Waals surface area contributed by atoms with Gasteiger partial charge in [0.15, 0.2) is 0 Å². The number of hydrogen-bond acceptors (Lipinski definition) is 2. The van der Waals surface area contributed by atoms with Gasteiger partial charge < -0.3 is 10.4 Å². The Balaban J connectivity index is 1.82. The summed E-state index contributed by atoms with van der Waals surface area (Å²) >= 11 is 0. The van der Waals surface area contributed by atoms with Crippen LogP contribution in [0.1, 0.15) is 5.56 Å². The van der Waals surface area contributed by atoms with Crippen LogP contribution in [-0.4, -0.2) is 11.7 Å². The highest BCUT2D eigenvalue weighted by molar-refractivity contribution is 5.42. The molecule has 0 aliphatic carbocycles. The van der Waals surface area contributed by atoms with Crippen LogP contribution in [0.15, 0.2) is 54.6 Å². The molecule has 2 rings (SSSR count). The first kappa shape index (κ1) is 10.6. The van der Waals surface area contributed by atoms with Crippen molar-refractivity contribution < 1.29 is 5.11 Å². The first-order chi connectivity index (χ1) is 7.84. The van der Waals surface area contributed by atoms with Crippen molar-refractivity contribution in [1.82, 2.24) is 0 Å². The maximum atomic E-state index is 9.14. The molecule has 0 aromatic heterocycles. The lowest BCUT2D eigenvalue weighted by atomic mass is 10.1.